The van der Waals surface area contributed by atoms with Gasteiger partial charge in [0.1, 0.15) is 0 Å². The first-order valence-electron chi connectivity index (χ1n) is 4.75. The third-order valence-electron chi connectivity index (χ3n) is 2.70. The van der Waals surface area contributed by atoms with E-state index in [0.717, 1.165) is 19.3 Å². The molecule has 1 saturated carbocycles. The van der Waals surface area contributed by atoms with E-state index in [0.29, 0.717) is 19.6 Å². The van der Waals surface area contributed by atoms with Gasteiger partial charge in [-0.2, -0.15) is 0 Å². The van der Waals surface area contributed by atoms with Crippen LogP contribution in [-0.4, -0.2) is 30.0 Å². The van der Waals surface area contributed by atoms with Crippen molar-refractivity contribution < 1.29 is 9.84 Å². The molecule has 0 amide bonds. The maximum absolute atomic E-state index is 9.98. The molecule has 3 nitrogen and oxygen atoms in total. The van der Waals surface area contributed by atoms with Gasteiger partial charge >= 0.3 is 0 Å². The van der Waals surface area contributed by atoms with E-state index in [1.54, 1.807) is 0 Å². The summed E-state index contributed by atoms with van der Waals surface area (Å²) in [5.74, 6) is 0. The van der Waals surface area contributed by atoms with Crippen LogP contribution in [0.15, 0.2) is 0 Å². The highest BCUT2D eigenvalue weighted by atomic mass is 16.5. The fourth-order valence-electron chi connectivity index (χ4n) is 1.79. The third-order valence-corrected chi connectivity index (χ3v) is 2.70. The zero-order valence-electron chi connectivity index (χ0n) is 7.75. The maximum Gasteiger partial charge on any atom is 0.0819 e. The molecule has 1 rings (SSSR count). The monoisotopic (exact) mass is 173 g/mol. The van der Waals surface area contributed by atoms with Crippen LogP contribution in [0.1, 0.15) is 32.6 Å². The largest absolute Gasteiger partial charge is 0.388 e. The first-order valence-corrected chi connectivity index (χ1v) is 4.75. The van der Waals surface area contributed by atoms with Crippen LogP contribution in [-0.2, 0) is 4.74 Å². The van der Waals surface area contributed by atoms with Crippen LogP contribution in [0.5, 0.6) is 0 Å². The minimum Gasteiger partial charge on any atom is -0.388 e. The Hall–Kier alpha value is -0.120. The Balaban J connectivity index is 2.27. The van der Waals surface area contributed by atoms with Crippen molar-refractivity contribution in [3.63, 3.8) is 0 Å². The van der Waals surface area contributed by atoms with E-state index < -0.39 is 5.60 Å². The average Bonchev–Trinajstić information content (AvgIpc) is 2.34. The maximum atomic E-state index is 9.98. The molecule has 0 bridgehead atoms. The first kappa shape index (κ1) is 9.96. The predicted molar refractivity (Wildman–Crippen MR) is 47.9 cm³/mol. The molecule has 1 aliphatic rings. The summed E-state index contributed by atoms with van der Waals surface area (Å²) in [7, 11) is 0. The first-order chi connectivity index (χ1) is 5.69. The summed E-state index contributed by atoms with van der Waals surface area (Å²) in [4.78, 5) is 0. The quantitative estimate of drug-likeness (QED) is 0.614. The Morgan fingerprint density at radius 3 is 2.92 bits per heavy atom. The van der Waals surface area contributed by atoms with Crippen LogP contribution < -0.4 is 5.73 Å². The molecule has 0 aromatic heterocycles. The van der Waals surface area contributed by atoms with Crippen LogP contribution in [0.3, 0.4) is 0 Å². The number of nitrogens with two attached hydrogens (primary N) is 1. The normalized spacial score (nSPS) is 35.8. The second-order valence-electron chi connectivity index (χ2n) is 3.55. The van der Waals surface area contributed by atoms with Crippen molar-refractivity contribution in [3.8, 4) is 0 Å². The molecule has 0 radical (unpaired) electrons. The third kappa shape index (κ3) is 2.19. The van der Waals surface area contributed by atoms with Gasteiger partial charge in [-0.25, -0.2) is 0 Å². The molecule has 0 aromatic rings. The molecular formula is C9H19NO2. The van der Waals surface area contributed by atoms with Gasteiger partial charge in [-0.3, -0.25) is 0 Å². The highest BCUT2D eigenvalue weighted by Crippen LogP contribution is 2.31. The van der Waals surface area contributed by atoms with Crippen LogP contribution in [0, 0.1) is 0 Å². The molecule has 0 spiro atoms. The molecular weight excluding hydrogens is 154 g/mol. The molecule has 3 heteroatoms. The molecule has 2 atom stereocenters. The van der Waals surface area contributed by atoms with Gasteiger partial charge in [0.15, 0.2) is 0 Å². The Labute approximate surface area is 73.9 Å². The smallest absolute Gasteiger partial charge is 0.0819 e. The van der Waals surface area contributed by atoms with Crippen LogP contribution in [0.25, 0.3) is 0 Å². The van der Waals surface area contributed by atoms with E-state index in [4.69, 9.17) is 10.5 Å². The van der Waals surface area contributed by atoms with Crippen molar-refractivity contribution in [1.82, 2.24) is 0 Å². The number of rotatable bonds is 4. The molecule has 72 valence electrons. The van der Waals surface area contributed by atoms with Crippen molar-refractivity contribution >= 4 is 0 Å². The lowest BCUT2D eigenvalue weighted by Gasteiger charge is -2.27. The fourth-order valence-corrected chi connectivity index (χ4v) is 1.79. The van der Waals surface area contributed by atoms with E-state index in [9.17, 15) is 5.11 Å². The predicted octanol–water partition coefficient (Wildman–Crippen LogP) is 0.655. The number of ether oxygens (including phenoxy) is 1. The zero-order valence-corrected chi connectivity index (χ0v) is 7.75. The summed E-state index contributed by atoms with van der Waals surface area (Å²) in [6, 6.07) is -0.0436. The lowest BCUT2D eigenvalue weighted by Crippen LogP contribution is -2.44. The summed E-state index contributed by atoms with van der Waals surface area (Å²) in [5, 5.41) is 9.98. The molecule has 12 heavy (non-hydrogen) atoms. The topological polar surface area (TPSA) is 55.5 Å². The Kier molecular flexibility index (Phi) is 3.50. The summed E-state index contributed by atoms with van der Waals surface area (Å²) < 4.78 is 5.19. The second-order valence-corrected chi connectivity index (χ2v) is 3.55. The van der Waals surface area contributed by atoms with E-state index in [1.807, 2.05) is 6.92 Å². The zero-order chi connectivity index (χ0) is 9.03. The Morgan fingerprint density at radius 2 is 2.42 bits per heavy atom. The van der Waals surface area contributed by atoms with Crippen LogP contribution >= 0.6 is 0 Å². The molecule has 0 heterocycles. The van der Waals surface area contributed by atoms with Crippen molar-refractivity contribution in [2.75, 3.05) is 13.2 Å². The van der Waals surface area contributed by atoms with Gasteiger partial charge in [-0.15, -0.1) is 0 Å². The van der Waals surface area contributed by atoms with E-state index >= 15 is 0 Å². The number of hydrogen-bond donors (Lipinski definition) is 2. The second kappa shape index (κ2) is 4.21. The van der Waals surface area contributed by atoms with Gasteiger partial charge in [0, 0.05) is 25.7 Å². The van der Waals surface area contributed by atoms with Crippen molar-refractivity contribution in [2.45, 2.75) is 44.2 Å². The lowest BCUT2D eigenvalue weighted by molar-refractivity contribution is -0.00436. The molecule has 3 N–H and O–H groups in total. The van der Waals surface area contributed by atoms with Gasteiger partial charge in [0.2, 0.25) is 0 Å². The molecule has 1 fully saturated rings. The van der Waals surface area contributed by atoms with Gasteiger partial charge in [-0.1, -0.05) is 0 Å². The summed E-state index contributed by atoms with van der Waals surface area (Å²) in [5.41, 5.74) is 5.15. The molecule has 1 aliphatic carbocycles. The van der Waals surface area contributed by atoms with E-state index in [1.165, 1.54) is 0 Å². The number of hydrogen-bond acceptors (Lipinski definition) is 3. The summed E-state index contributed by atoms with van der Waals surface area (Å²) >= 11 is 0. The number of aliphatic hydroxyl groups is 1. The lowest BCUT2D eigenvalue weighted by atomic mass is 9.95. The minimum absolute atomic E-state index is 0.0436. The van der Waals surface area contributed by atoms with E-state index in [2.05, 4.69) is 0 Å². The molecule has 0 aromatic carbocycles. The summed E-state index contributed by atoms with van der Waals surface area (Å²) in [6.07, 6.45) is 3.51. The van der Waals surface area contributed by atoms with Crippen molar-refractivity contribution in [3.05, 3.63) is 0 Å². The van der Waals surface area contributed by atoms with Gasteiger partial charge in [0.05, 0.1) is 5.60 Å². The van der Waals surface area contributed by atoms with Crippen molar-refractivity contribution in [2.24, 2.45) is 5.73 Å². The van der Waals surface area contributed by atoms with E-state index in [-0.39, 0.29) is 6.04 Å². The Morgan fingerprint density at radius 1 is 1.67 bits per heavy atom. The summed E-state index contributed by atoms with van der Waals surface area (Å²) in [6.45, 7) is 3.30. The van der Waals surface area contributed by atoms with Gasteiger partial charge in [0.25, 0.3) is 0 Å². The standard InChI is InChI=1S/C9H19NO2/c1-2-12-7-6-9(11)5-3-4-8(9)10/h8,11H,2-7,10H2,1H3. The Bertz CT molecular complexity index is 140. The van der Waals surface area contributed by atoms with Gasteiger partial charge in [-0.05, 0) is 26.2 Å². The van der Waals surface area contributed by atoms with Crippen LogP contribution in [0.4, 0.5) is 0 Å². The fraction of sp³-hybridized carbons (Fsp3) is 1.00. The average molecular weight is 173 g/mol. The minimum atomic E-state index is -0.644. The van der Waals surface area contributed by atoms with Crippen molar-refractivity contribution in [1.29, 1.82) is 0 Å². The highest BCUT2D eigenvalue weighted by molar-refractivity contribution is 4.94. The SMILES string of the molecule is CCOCCC1(O)CCCC1N. The van der Waals surface area contributed by atoms with Gasteiger partial charge < -0.3 is 15.6 Å². The molecule has 0 saturated heterocycles. The molecule has 2 unspecified atom stereocenters. The van der Waals surface area contributed by atoms with Crippen LogP contribution in [0.2, 0.25) is 0 Å². The highest BCUT2D eigenvalue weighted by Gasteiger charge is 2.38. The molecule has 0 aliphatic heterocycles.